The van der Waals surface area contributed by atoms with Gasteiger partial charge in [0.05, 0.1) is 29.6 Å². The maximum Gasteiger partial charge on any atom is 0.416 e. The molecule has 164 valence electrons. The first-order chi connectivity index (χ1) is 14.4. The van der Waals surface area contributed by atoms with Gasteiger partial charge in [0.2, 0.25) is 0 Å². The first kappa shape index (κ1) is 22.4. The molecule has 10 heteroatoms. The van der Waals surface area contributed by atoms with Crippen LogP contribution < -0.4 is 0 Å². The number of alkyl halides is 6. The average Bonchev–Trinajstić information content (AvgIpc) is 3.28. The zero-order valence-corrected chi connectivity index (χ0v) is 16.1. The quantitative estimate of drug-likeness (QED) is 0.364. The summed E-state index contributed by atoms with van der Waals surface area (Å²) in [7, 11) is 0. The van der Waals surface area contributed by atoms with E-state index in [9.17, 15) is 31.1 Å². The molecule has 0 bridgehead atoms. The number of carbonyl (C=O) groups excluding carboxylic acids is 1. The number of halogens is 6. The Balaban J connectivity index is 1.80. The second-order valence-corrected chi connectivity index (χ2v) is 6.80. The molecule has 0 saturated carbocycles. The van der Waals surface area contributed by atoms with Gasteiger partial charge in [0, 0.05) is 18.2 Å². The molecule has 3 rings (SSSR count). The molecule has 31 heavy (non-hydrogen) atoms. The SMILES string of the molecule is Cc1nn(Cc2ccc(C(F)(F)F)cc2C(F)(F)F)cc1CC(=O)/C=C/c1ccco1. The van der Waals surface area contributed by atoms with Crippen molar-refractivity contribution in [1.82, 2.24) is 9.78 Å². The Labute approximate surface area is 172 Å². The molecule has 3 aromatic rings. The molecule has 0 aliphatic carbocycles. The number of hydrogen-bond acceptors (Lipinski definition) is 3. The fourth-order valence-corrected chi connectivity index (χ4v) is 2.95. The summed E-state index contributed by atoms with van der Waals surface area (Å²) in [4.78, 5) is 12.1. The van der Waals surface area contributed by atoms with Crippen LogP contribution in [0.3, 0.4) is 0 Å². The van der Waals surface area contributed by atoms with Crippen molar-refractivity contribution >= 4 is 11.9 Å². The van der Waals surface area contributed by atoms with E-state index >= 15 is 0 Å². The van der Waals surface area contributed by atoms with Gasteiger partial charge < -0.3 is 4.42 Å². The van der Waals surface area contributed by atoms with Gasteiger partial charge in [-0.1, -0.05) is 6.07 Å². The average molecular weight is 442 g/mol. The summed E-state index contributed by atoms with van der Waals surface area (Å²) in [5, 5.41) is 4.10. The van der Waals surface area contributed by atoms with Gasteiger partial charge >= 0.3 is 12.4 Å². The minimum atomic E-state index is -4.96. The van der Waals surface area contributed by atoms with E-state index in [4.69, 9.17) is 4.42 Å². The number of aromatic nitrogens is 2. The molecule has 0 spiro atoms. The minimum absolute atomic E-state index is 0.0395. The summed E-state index contributed by atoms with van der Waals surface area (Å²) < 4.78 is 84.7. The molecule has 0 saturated heterocycles. The summed E-state index contributed by atoms with van der Waals surface area (Å²) in [5.41, 5.74) is -2.20. The number of carbonyl (C=O) groups is 1. The Morgan fingerprint density at radius 1 is 1.10 bits per heavy atom. The lowest BCUT2D eigenvalue weighted by atomic mass is 10.0. The van der Waals surface area contributed by atoms with Crippen LogP contribution in [0.5, 0.6) is 0 Å². The number of aryl methyl sites for hydroxylation is 1. The molecule has 0 fully saturated rings. The predicted octanol–water partition coefficient (Wildman–Crippen LogP) is 5.70. The molecule has 0 aliphatic rings. The second-order valence-electron chi connectivity index (χ2n) is 6.80. The number of rotatable bonds is 6. The Morgan fingerprint density at radius 2 is 1.84 bits per heavy atom. The third-order valence-electron chi connectivity index (χ3n) is 4.46. The van der Waals surface area contributed by atoms with E-state index in [-0.39, 0.29) is 23.8 Å². The molecule has 4 nitrogen and oxygen atoms in total. The van der Waals surface area contributed by atoms with Crippen LogP contribution in [0.1, 0.15) is 33.7 Å². The molecular weight excluding hydrogens is 426 g/mol. The Kier molecular flexibility index (Phi) is 6.10. The van der Waals surface area contributed by atoms with Gasteiger partial charge in [0.25, 0.3) is 0 Å². The number of furan rings is 1. The van der Waals surface area contributed by atoms with Crippen molar-refractivity contribution in [3.8, 4) is 0 Å². The largest absolute Gasteiger partial charge is 0.465 e. The van der Waals surface area contributed by atoms with Gasteiger partial charge in [0.1, 0.15) is 5.76 Å². The normalized spacial score (nSPS) is 12.6. The number of ketones is 1. The lowest BCUT2D eigenvalue weighted by molar-refractivity contribution is -0.143. The molecule has 2 heterocycles. The van der Waals surface area contributed by atoms with E-state index in [2.05, 4.69) is 5.10 Å². The molecule has 0 radical (unpaired) electrons. The van der Waals surface area contributed by atoms with Crippen LogP contribution in [0.2, 0.25) is 0 Å². The van der Waals surface area contributed by atoms with Crippen molar-refractivity contribution in [1.29, 1.82) is 0 Å². The third kappa shape index (κ3) is 5.65. The monoisotopic (exact) mass is 442 g/mol. The van der Waals surface area contributed by atoms with Gasteiger partial charge in [-0.2, -0.15) is 31.4 Å². The van der Waals surface area contributed by atoms with Gasteiger partial charge in [-0.05, 0) is 48.9 Å². The first-order valence-electron chi connectivity index (χ1n) is 8.98. The highest BCUT2D eigenvalue weighted by Crippen LogP contribution is 2.37. The lowest BCUT2D eigenvalue weighted by Gasteiger charge is -2.16. The highest BCUT2D eigenvalue weighted by molar-refractivity contribution is 5.94. The number of allylic oxidation sites excluding steroid dienone is 1. The maximum atomic E-state index is 13.3. The molecular formula is C21H16F6N2O2. The Bertz CT molecular complexity index is 1090. The van der Waals surface area contributed by atoms with Gasteiger partial charge in [-0.25, -0.2) is 0 Å². The molecule has 0 aliphatic heterocycles. The molecule has 1 aromatic carbocycles. The zero-order chi connectivity index (χ0) is 22.8. The van der Waals surface area contributed by atoms with E-state index in [0.717, 1.165) is 6.07 Å². The Morgan fingerprint density at radius 3 is 2.45 bits per heavy atom. The third-order valence-corrected chi connectivity index (χ3v) is 4.46. The van der Waals surface area contributed by atoms with E-state index in [0.29, 0.717) is 23.1 Å². The van der Waals surface area contributed by atoms with Gasteiger partial charge in [0.15, 0.2) is 5.78 Å². The van der Waals surface area contributed by atoms with E-state index in [1.54, 1.807) is 19.1 Å². The topological polar surface area (TPSA) is 48.0 Å². The standard InChI is InChI=1S/C21H16F6N2O2/c1-13-15(9-17(30)6-7-18-3-2-8-31-18)12-29(28-13)11-14-4-5-16(20(22,23)24)10-19(14)21(25,26)27/h2-8,10,12H,9,11H2,1H3/b7-6+. The zero-order valence-electron chi connectivity index (χ0n) is 16.1. The molecule has 0 amide bonds. The predicted molar refractivity (Wildman–Crippen MR) is 99.0 cm³/mol. The van der Waals surface area contributed by atoms with Crippen LogP contribution in [0.15, 0.2) is 53.3 Å². The summed E-state index contributed by atoms with van der Waals surface area (Å²) >= 11 is 0. The molecule has 2 aromatic heterocycles. The smallest absolute Gasteiger partial charge is 0.416 e. The summed E-state index contributed by atoms with van der Waals surface area (Å²) in [6, 6.07) is 4.81. The van der Waals surface area contributed by atoms with Crippen molar-refractivity contribution in [2.45, 2.75) is 32.2 Å². The lowest BCUT2D eigenvalue weighted by Crippen LogP contribution is -2.15. The van der Waals surface area contributed by atoms with E-state index in [1.165, 1.54) is 29.3 Å². The van der Waals surface area contributed by atoms with Crippen molar-refractivity contribution in [3.05, 3.63) is 82.6 Å². The van der Waals surface area contributed by atoms with Crippen molar-refractivity contribution in [3.63, 3.8) is 0 Å². The fourth-order valence-electron chi connectivity index (χ4n) is 2.95. The van der Waals surface area contributed by atoms with Crippen molar-refractivity contribution in [2.75, 3.05) is 0 Å². The Hall–Kier alpha value is -3.30. The molecule has 0 unspecified atom stereocenters. The number of benzene rings is 1. The highest BCUT2D eigenvalue weighted by atomic mass is 19.4. The molecule has 0 atom stereocenters. The van der Waals surface area contributed by atoms with Gasteiger partial charge in [-0.15, -0.1) is 0 Å². The van der Waals surface area contributed by atoms with E-state index in [1.807, 2.05) is 0 Å². The van der Waals surface area contributed by atoms with Crippen LogP contribution >= 0.6 is 0 Å². The van der Waals surface area contributed by atoms with Gasteiger partial charge in [-0.3, -0.25) is 9.48 Å². The van der Waals surface area contributed by atoms with Crippen molar-refractivity contribution in [2.24, 2.45) is 0 Å². The van der Waals surface area contributed by atoms with Crippen LogP contribution in [-0.4, -0.2) is 15.6 Å². The van der Waals surface area contributed by atoms with Crippen LogP contribution in [0, 0.1) is 6.92 Å². The number of nitrogens with zero attached hydrogens (tertiary/aromatic N) is 2. The molecule has 0 N–H and O–H groups in total. The minimum Gasteiger partial charge on any atom is -0.465 e. The summed E-state index contributed by atoms with van der Waals surface area (Å²) in [6.45, 7) is 1.19. The maximum absolute atomic E-state index is 13.3. The first-order valence-corrected chi connectivity index (χ1v) is 8.98. The highest BCUT2D eigenvalue weighted by Gasteiger charge is 2.38. The summed E-state index contributed by atoms with van der Waals surface area (Å²) in [6.07, 6.45) is -4.23. The van der Waals surface area contributed by atoms with Crippen LogP contribution in [-0.2, 0) is 30.1 Å². The second kappa shape index (κ2) is 8.44. The van der Waals surface area contributed by atoms with Crippen molar-refractivity contribution < 1.29 is 35.6 Å². The van der Waals surface area contributed by atoms with E-state index < -0.39 is 30.0 Å². The van der Waals surface area contributed by atoms with Crippen LogP contribution in [0.25, 0.3) is 6.08 Å². The van der Waals surface area contributed by atoms with Crippen LogP contribution in [0.4, 0.5) is 26.3 Å². The number of hydrogen-bond donors (Lipinski definition) is 0. The summed E-state index contributed by atoms with van der Waals surface area (Å²) in [5.74, 6) is 0.215. The fraction of sp³-hybridized carbons (Fsp3) is 0.238.